The van der Waals surface area contributed by atoms with Crippen molar-refractivity contribution in [2.24, 2.45) is 0 Å². The molecule has 8 heteroatoms. The van der Waals surface area contributed by atoms with E-state index in [1.54, 1.807) is 19.1 Å². The third-order valence-electron chi connectivity index (χ3n) is 4.17. The number of amides is 2. The molecule has 24 heavy (non-hydrogen) atoms. The zero-order valence-electron chi connectivity index (χ0n) is 13.5. The Bertz CT molecular complexity index is 701. The second-order valence-electron chi connectivity index (χ2n) is 5.96. The number of carbonyl (C=O) groups is 2. The summed E-state index contributed by atoms with van der Waals surface area (Å²) in [6, 6.07) is 3.21. The first kappa shape index (κ1) is 16.2. The highest BCUT2D eigenvalue weighted by atomic mass is 16.5. The first-order valence-corrected chi connectivity index (χ1v) is 8.03. The van der Waals surface area contributed by atoms with E-state index in [0.717, 1.165) is 25.7 Å². The first-order valence-electron chi connectivity index (χ1n) is 8.03. The summed E-state index contributed by atoms with van der Waals surface area (Å²) in [6.07, 6.45) is 5.18. The van der Waals surface area contributed by atoms with Gasteiger partial charge in [0.05, 0.1) is 6.26 Å². The number of hydrogen-bond acceptors (Lipinski definition) is 6. The van der Waals surface area contributed by atoms with Crippen molar-refractivity contribution in [1.29, 1.82) is 0 Å². The molecule has 0 aliphatic heterocycles. The van der Waals surface area contributed by atoms with Crippen LogP contribution < -0.4 is 10.6 Å². The van der Waals surface area contributed by atoms with Gasteiger partial charge < -0.3 is 19.6 Å². The highest BCUT2D eigenvalue weighted by molar-refractivity contribution is 5.91. The average Bonchev–Trinajstić information content (AvgIpc) is 3.28. The summed E-state index contributed by atoms with van der Waals surface area (Å²) in [4.78, 5) is 28.3. The Morgan fingerprint density at radius 1 is 1.33 bits per heavy atom. The van der Waals surface area contributed by atoms with Crippen molar-refractivity contribution >= 4 is 11.8 Å². The van der Waals surface area contributed by atoms with Crippen LogP contribution in [0.4, 0.5) is 0 Å². The molecule has 0 unspecified atom stereocenters. The summed E-state index contributed by atoms with van der Waals surface area (Å²) in [6.45, 7) is 1.96. The van der Waals surface area contributed by atoms with E-state index in [2.05, 4.69) is 20.8 Å². The Kier molecular flexibility index (Phi) is 4.64. The van der Waals surface area contributed by atoms with Crippen molar-refractivity contribution in [3.05, 3.63) is 35.9 Å². The van der Waals surface area contributed by atoms with Gasteiger partial charge in [0.25, 0.3) is 5.91 Å². The number of nitrogens with one attached hydrogen (secondary N) is 2. The number of rotatable bonds is 6. The van der Waals surface area contributed by atoms with Crippen LogP contribution in [0.15, 0.2) is 27.3 Å². The predicted octanol–water partition coefficient (Wildman–Crippen LogP) is 1.68. The minimum Gasteiger partial charge on any atom is -0.459 e. The molecule has 128 valence electrons. The molecule has 2 aromatic rings. The summed E-state index contributed by atoms with van der Waals surface area (Å²) in [5, 5.41) is 9.67. The number of aromatic nitrogens is 2. The van der Waals surface area contributed by atoms with Crippen LogP contribution in [0.3, 0.4) is 0 Å². The highest BCUT2D eigenvalue weighted by Crippen LogP contribution is 2.37. The molecule has 2 N–H and O–H groups in total. The van der Waals surface area contributed by atoms with Gasteiger partial charge in [-0.2, -0.15) is 4.98 Å². The van der Waals surface area contributed by atoms with Crippen LogP contribution in [-0.2, 0) is 10.3 Å². The lowest BCUT2D eigenvalue weighted by Gasteiger charge is -2.26. The molecule has 0 atom stereocenters. The number of nitrogens with zero attached hydrogens (tertiary/aromatic N) is 2. The maximum Gasteiger partial charge on any atom is 0.286 e. The van der Waals surface area contributed by atoms with Crippen LogP contribution in [0, 0.1) is 6.92 Å². The normalized spacial score (nSPS) is 16.0. The van der Waals surface area contributed by atoms with Crippen molar-refractivity contribution in [2.75, 3.05) is 6.54 Å². The van der Waals surface area contributed by atoms with Crippen molar-refractivity contribution < 1.29 is 18.5 Å². The van der Waals surface area contributed by atoms with Gasteiger partial charge >= 0.3 is 0 Å². The molecule has 0 aromatic carbocycles. The average molecular weight is 332 g/mol. The minimum absolute atomic E-state index is 0.154. The molecule has 0 bridgehead atoms. The fraction of sp³-hybridized carbons (Fsp3) is 0.500. The predicted molar refractivity (Wildman–Crippen MR) is 83.0 cm³/mol. The summed E-state index contributed by atoms with van der Waals surface area (Å²) in [5.74, 6) is 0.753. The van der Waals surface area contributed by atoms with Crippen LogP contribution in [0.1, 0.15) is 54.4 Å². The molecule has 0 radical (unpaired) electrons. The second kappa shape index (κ2) is 6.86. The van der Waals surface area contributed by atoms with Crippen LogP contribution in [0.2, 0.25) is 0 Å². The Hall–Kier alpha value is -2.64. The molecule has 0 saturated heterocycles. The van der Waals surface area contributed by atoms with Crippen LogP contribution >= 0.6 is 0 Å². The number of hydrogen-bond donors (Lipinski definition) is 2. The van der Waals surface area contributed by atoms with Gasteiger partial charge in [-0.05, 0) is 25.0 Å². The lowest BCUT2D eigenvalue weighted by atomic mass is 9.96. The zero-order chi connectivity index (χ0) is 17.0. The molecule has 0 spiro atoms. The van der Waals surface area contributed by atoms with Gasteiger partial charge in [-0.1, -0.05) is 18.0 Å². The van der Waals surface area contributed by atoms with E-state index >= 15 is 0 Å². The fourth-order valence-corrected chi connectivity index (χ4v) is 2.99. The molecule has 1 aliphatic rings. The van der Waals surface area contributed by atoms with E-state index in [-0.39, 0.29) is 30.5 Å². The summed E-state index contributed by atoms with van der Waals surface area (Å²) < 4.78 is 10.1. The maximum atomic E-state index is 12.3. The molecule has 3 rings (SSSR count). The number of aryl methyl sites for hydroxylation is 1. The lowest BCUT2D eigenvalue weighted by molar-refractivity contribution is -0.123. The van der Waals surface area contributed by atoms with Gasteiger partial charge in [-0.15, -0.1) is 0 Å². The Morgan fingerprint density at radius 3 is 2.75 bits per heavy atom. The van der Waals surface area contributed by atoms with Crippen LogP contribution in [0.5, 0.6) is 0 Å². The van der Waals surface area contributed by atoms with E-state index in [0.29, 0.717) is 11.7 Å². The molecule has 2 heterocycles. The third kappa shape index (κ3) is 3.47. The minimum atomic E-state index is -0.556. The highest BCUT2D eigenvalue weighted by Gasteiger charge is 2.41. The van der Waals surface area contributed by atoms with Gasteiger partial charge in [0.1, 0.15) is 5.54 Å². The Labute approximate surface area is 139 Å². The quantitative estimate of drug-likeness (QED) is 0.832. The molecular formula is C16H20N4O4. The van der Waals surface area contributed by atoms with Crippen LogP contribution in [0.25, 0.3) is 0 Å². The second-order valence-corrected chi connectivity index (χ2v) is 5.96. The molecular weight excluding hydrogens is 312 g/mol. The van der Waals surface area contributed by atoms with Gasteiger partial charge in [0, 0.05) is 19.9 Å². The summed E-state index contributed by atoms with van der Waals surface area (Å²) >= 11 is 0. The lowest BCUT2D eigenvalue weighted by Crippen LogP contribution is -2.45. The SMILES string of the molecule is Cc1nc(C2(NC(=O)CCNC(=O)c3ccco3)CCCC2)no1. The molecule has 1 fully saturated rings. The smallest absolute Gasteiger partial charge is 0.286 e. The Balaban J connectivity index is 1.54. The van der Waals surface area contributed by atoms with Crippen molar-refractivity contribution in [2.45, 2.75) is 44.6 Å². The first-order chi connectivity index (χ1) is 11.6. The van der Waals surface area contributed by atoms with Gasteiger partial charge in [0.15, 0.2) is 11.6 Å². The van der Waals surface area contributed by atoms with E-state index in [4.69, 9.17) is 8.94 Å². The topological polar surface area (TPSA) is 110 Å². The monoisotopic (exact) mass is 332 g/mol. The molecule has 2 aromatic heterocycles. The molecule has 1 saturated carbocycles. The van der Waals surface area contributed by atoms with E-state index in [1.165, 1.54) is 6.26 Å². The summed E-state index contributed by atoms with van der Waals surface area (Å²) in [7, 11) is 0. The van der Waals surface area contributed by atoms with Gasteiger partial charge in [-0.3, -0.25) is 9.59 Å². The molecule has 8 nitrogen and oxygen atoms in total. The Morgan fingerprint density at radius 2 is 2.12 bits per heavy atom. The fourth-order valence-electron chi connectivity index (χ4n) is 2.99. The molecule has 1 aliphatic carbocycles. The van der Waals surface area contributed by atoms with E-state index in [1.807, 2.05) is 0 Å². The van der Waals surface area contributed by atoms with E-state index < -0.39 is 5.54 Å². The maximum absolute atomic E-state index is 12.3. The van der Waals surface area contributed by atoms with Gasteiger partial charge in [0.2, 0.25) is 11.8 Å². The van der Waals surface area contributed by atoms with Crippen LogP contribution in [-0.4, -0.2) is 28.5 Å². The number of furan rings is 1. The van der Waals surface area contributed by atoms with Crippen molar-refractivity contribution in [3.8, 4) is 0 Å². The van der Waals surface area contributed by atoms with Gasteiger partial charge in [-0.25, -0.2) is 0 Å². The van der Waals surface area contributed by atoms with Crippen molar-refractivity contribution in [1.82, 2.24) is 20.8 Å². The third-order valence-corrected chi connectivity index (χ3v) is 4.17. The van der Waals surface area contributed by atoms with Crippen molar-refractivity contribution in [3.63, 3.8) is 0 Å². The largest absolute Gasteiger partial charge is 0.459 e. The standard InChI is InChI=1S/C16H20N4O4/c1-11-18-15(20-24-11)16(7-2-3-8-16)19-13(21)6-9-17-14(22)12-5-4-10-23-12/h4-5,10H,2-3,6-9H2,1H3,(H,17,22)(H,19,21). The number of carbonyl (C=O) groups excluding carboxylic acids is 2. The zero-order valence-corrected chi connectivity index (χ0v) is 13.5. The summed E-state index contributed by atoms with van der Waals surface area (Å²) in [5.41, 5.74) is -0.556. The molecule has 2 amide bonds. The van der Waals surface area contributed by atoms with E-state index in [9.17, 15) is 9.59 Å².